The molecule has 1 aliphatic rings. The number of H-pyrrole nitrogens is 1. The van der Waals surface area contributed by atoms with Gasteiger partial charge < -0.3 is 4.98 Å². The molecule has 0 amide bonds. The molecule has 33 heavy (non-hydrogen) atoms. The van der Waals surface area contributed by atoms with Crippen LogP contribution in [-0.4, -0.2) is 43.2 Å². The van der Waals surface area contributed by atoms with Gasteiger partial charge in [0.2, 0.25) is 0 Å². The van der Waals surface area contributed by atoms with Gasteiger partial charge in [0.25, 0.3) is 5.56 Å². The fourth-order valence-corrected chi connectivity index (χ4v) is 5.01. The van der Waals surface area contributed by atoms with Crippen molar-refractivity contribution in [3.63, 3.8) is 0 Å². The summed E-state index contributed by atoms with van der Waals surface area (Å²) in [5.41, 5.74) is 3.82. The number of rotatable bonds is 6. The molecule has 170 valence electrons. The fraction of sp³-hybridized carbons (Fsp3) is 0.385. The Labute approximate surface area is 193 Å². The molecule has 7 heteroatoms. The van der Waals surface area contributed by atoms with Crippen molar-refractivity contribution in [3.05, 3.63) is 87.5 Å². The van der Waals surface area contributed by atoms with Gasteiger partial charge in [0.1, 0.15) is 6.04 Å². The quantitative estimate of drug-likeness (QED) is 0.490. The molecule has 5 rings (SSSR count). The summed E-state index contributed by atoms with van der Waals surface area (Å²) in [6.07, 6.45) is 3.14. The molecule has 0 spiro atoms. The van der Waals surface area contributed by atoms with E-state index in [9.17, 15) is 4.79 Å². The fourth-order valence-electron chi connectivity index (χ4n) is 5.01. The van der Waals surface area contributed by atoms with Gasteiger partial charge in [-0.2, -0.15) is 0 Å². The van der Waals surface area contributed by atoms with Crippen molar-refractivity contribution >= 4 is 10.9 Å². The van der Waals surface area contributed by atoms with E-state index in [4.69, 9.17) is 0 Å². The number of aromatic nitrogens is 5. The molecule has 0 unspecified atom stereocenters. The van der Waals surface area contributed by atoms with Crippen LogP contribution in [0.4, 0.5) is 0 Å². The van der Waals surface area contributed by atoms with Crippen LogP contribution in [-0.2, 0) is 13.0 Å². The van der Waals surface area contributed by atoms with Gasteiger partial charge in [-0.05, 0) is 71.7 Å². The van der Waals surface area contributed by atoms with E-state index in [-0.39, 0.29) is 11.6 Å². The number of hydrogen-bond acceptors (Lipinski definition) is 5. The van der Waals surface area contributed by atoms with Crippen LogP contribution in [0.1, 0.15) is 48.3 Å². The first kappa shape index (κ1) is 21.5. The summed E-state index contributed by atoms with van der Waals surface area (Å²) in [6.45, 7) is 6.80. The van der Waals surface area contributed by atoms with Crippen molar-refractivity contribution in [2.45, 2.75) is 45.7 Å². The van der Waals surface area contributed by atoms with E-state index < -0.39 is 0 Å². The van der Waals surface area contributed by atoms with Gasteiger partial charge in [-0.3, -0.25) is 9.69 Å². The van der Waals surface area contributed by atoms with E-state index in [2.05, 4.69) is 50.5 Å². The van der Waals surface area contributed by atoms with E-state index in [1.807, 2.05) is 48.0 Å². The van der Waals surface area contributed by atoms with Crippen LogP contribution >= 0.6 is 0 Å². The Morgan fingerprint density at radius 2 is 2.00 bits per heavy atom. The number of aromatic amines is 1. The molecule has 2 atom stereocenters. The average molecular weight is 443 g/mol. The van der Waals surface area contributed by atoms with Crippen LogP contribution in [0.3, 0.4) is 0 Å². The number of piperidine rings is 1. The van der Waals surface area contributed by atoms with Crippen LogP contribution in [0.15, 0.2) is 59.4 Å². The molecule has 2 aromatic heterocycles. The number of nitrogens with zero attached hydrogens (tertiary/aromatic N) is 5. The summed E-state index contributed by atoms with van der Waals surface area (Å²) in [6, 6.07) is 18.2. The van der Waals surface area contributed by atoms with E-state index in [1.54, 1.807) is 0 Å². The predicted octanol–water partition coefficient (Wildman–Crippen LogP) is 3.89. The van der Waals surface area contributed by atoms with Crippen LogP contribution in [0, 0.1) is 12.8 Å². The zero-order valence-corrected chi connectivity index (χ0v) is 19.2. The summed E-state index contributed by atoms with van der Waals surface area (Å²) in [4.78, 5) is 18.9. The van der Waals surface area contributed by atoms with Gasteiger partial charge in [-0.1, -0.05) is 55.5 Å². The van der Waals surface area contributed by atoms with Crippen LogP contribution in [0.25, 0.3) is 10.9 Å². The molecule has 3 heterocycles. The van der Waals surface area contributed by atoms with Crippen LogP contribution in [0.5, 0.6) is 0 Å². The highest BCUT2D eigenvalue weighted by atomic mass is 16.1. The monoisotopic (exact) mass is 442 g/mol. The van der Waals surface area contributed by atoms with E-state index in [0.29, 0.717) is 18.0 Å². The number of fused-ring (bicyclic) bond motifs is 1. The highest BCUT2D eigenvalue weighted by Gasteiger charge is 2.32. The third-order valence-electron chi connectivity index (χ3n) is 6.72. The molecule has 7 nitrogen and oxygen atoms in total. The smallest absolute Gasteiger partial charge is 0.253 e. The molecule has 1 fully saturated rings. The maximum atomic E-state index is 13.4. The van der Waals surface area contributed by atoms with Crippen molar-refractivity contribution in [1.82, 2.24) is 30.1 Å². The molecule has 4 aromatic rings. The summed E-state index contributed by atoms with van der Waals surface area (Å²) in [5, 5.41) is 13.8. The van der Waals surface area contributed by atoms with Crippen LogP contribution < -0.4 is 5.56 Å². The maximum Gasteiger partial charge on any atom is 0.253 e. The molecule has 0 aliphatic carbocycles. The number of likely N-dealkylation sites (tertiary alicyclic amines) is 1. The minimum Gasteiger partial charge on any atom is -0.321 e. The van der Waals surface area contributed by atoms with Gasteiger partial charge in [-0.15, -0.1) is 5.10 Å². The van der Waals surface area contributed by atoms with E-state index >= 15 is 0 Å². The number of tetrazole rings is 1. The Morgan fingerprint density at radius 1 is 1.15 bits per heavy atom. The molecular weight excluding hydrogens is 412 g/mol. The Kier molecular flexibility index (Phi) is 6.05. The average Bonchev–Trinajstić information content (AvgIpc) is 3.28. The first-order chi connectivity index (χ1) is 16.1. The van der Waals surface area contributed by atoms with E-state index in [1.165, 1.54) is 12.0 Å². The number of benzene rings is 2. The first-order valence-electron chi connectivity index (χ1n) is 11.8. The first-order valence-corrected chi connectivity index (χ1v) is 11.8. The lowest BCUT2D eigenvalue weighted by molar-refractivity contribution is 0.141. The maximum absolute atomic E-state index is 13.4. The minimum atomic E-state index is -0.285. The number of aryl methyl sites for hydroxylation is 3. The summed E-state index contributed by atoms with van der Waals surface area (Å²) < 4.78 is 1.87. The van der Waals surface area contributed by atoms with E-state index in [0.717, 1.165) is 48.2 Å². The van der Waals surface area contributed by atoms with Crippen molar-refractivity contribution in [2.24, 2.45) is 5.92 Å². The second-order valence-corrected chi connectivity index (χ2v) is 9.23. The topological polar surface area (TPSA) is 79.7 Å². The van der Waals surface area contributed by atoms with Crippen molar-refractivity contribution < 1.29 is 0 Å². The Morgan fingerprint density at radius 3 is 2.82 bits per heavy atom. The lowest BCUT2D eigenvalue weighted by Gasteiger charge is -2.36. The van der Waals surface area contributed by atoms with Crippen molar-refractivity contribution in [1.29, 1.82) is 0 Å². The number of pyridine rings is 1. The lowest BCUT2D eigenvalue weighted by Crippen LogP contribution is -2.41. The van der Waals surface area contributed by atoms with Gasteiger partial charge in [0.15, 0.2) is 5.82 Å². The second kappa shape index (κ2) is 9.27. The number of para-hydroxylation sites is 1. The van der Waals surface area contributed by atoms with Gasteiger partial charge >= 0.3 is 0 Å². The van der Waals surface area contributed by atoms with Crippen LogP contribution in [0.2, 0.25) is 0 Å². The molecule has 0 radical (unpaired) electrons. The predicted molar refractivity (Wildman–Crippen MR) is 129 cm³/mol. The standard InChI is InChI=1S/C26H30N6O/c1-18-8-7-14-31(17-18)24(22-16-21-12-6-9-19(2)23(21)27-26(22)33)25-28-29-30-32(25)15-13-20-10-4-3-5-11-20/h3-6,9-12,16,18,24H,7-8,13-15,17H2,1-2H3,(H,27,33)/t18-,24-/m1/s1. The van der Waals surface area contributed by atoms with Crippen molar-refractivity contribution in [2.75, 3.05) is 13.1 Å². The normalized spacial score (nSPS) is 17.9. The molecule has 1 N–H and O–H groups in total. The summed E-state index contributed by atoms with van der Waals surface area (Å²) in [5.74, 6) is 1.30. The zero-order valence-electron chi connectivity index (χ0n) is 19.2. The minimum absolute atomic E-state index is 0.0716. The van der Waals surface area contributed by atoms with Gasteiger partial charge in [-0.25, -0.2) is 4.68 Å². The number of hydrogen-bond donors (Lipinski definition) is 1. The largest absolute Gasteiger partial charge is 0.321 e. The Bertz CT molecular complexity index is 1300. The zero-order chi connectivity index (χ0) is 22.8. The molecule has 1 aliphatic heterocycles. The number of nitrogens with one attached hydrogen (secondary N) is 1. The van der Waals surface area contributed by atoms with Gasteiger partial charge in [0.05, 0.1) is 5.52 Å². The second-order valence-electron chi connectivity index (χ2n) is 9.23. The lowest BCUT2D eigenvalue weighted by atomic mass is 9.95. The SMILES string of the molecule is Cc1cccc2cc([C@H](c3nnnn3CCc3ccccc3)N3CCC[C@@H](C)C3)c(=O)[nH]c12. The Hall–Kier alpha value is -3.32. The summed E-state index contributed by atoms with van der Waals surface area (Å²) >= 11 is 0. The van der Waals surface area contributed by atoms with Crippen molar-refractivity contribution in [3.8, 4) is 0 Å². The third-order valence-corrected chi connectivity index (χ3v) is 6.72. The molecular formula is C26H30N6O. The highest BCUT2D eigenvalue weighted by molar-refractivity contribution is 5.82. The van der Waals surface area contributed by atoms with Gasteiger partial charge in [0, 0.05) is 18.7 Å². The highest BCUT2D eigenvalue weighted by Crippen LogP contribution is 2.31. The molecule has 2 aromatic carbocycles. The molecule has 0 saturated carbocycles. The molecule has 0 bridgehead atoms. The summed E-state index contributed by atoms with van der Waals surface area (Å²) in [7, 11) is 0. The Balaban J connectivity index is 1.57. The third kappa shape index (κ3) is 4.46. The molecule has 1 saturated heterocycles.